The quantitative estimate of drug-likeness (QED) is 0.581. The van der Waals surface area contributed by atoms with Crippen LogP contribution in [0.5, 0.6) is 0 Å². The molecule has 1 aliphatic heterocycles. The van der Waals surface area contributed by atoms with Crippen molar-refractivity contribution in [2.24, 2.45) is 4.99 Å². The number of amides is 2. The minimum Gasteiger partial charge on any atom is -0.354 e. The van der Waals surface area contributed by atoms with E-state index in [-0.39, 0.29) is 18.4 Å². The summed E-state index contributed by atoms with van der Waals surface area (Å²) in [6.45, 7) is 3.33. The number of hydrogen-bond acceptors (Lipinski definition) is 3. The molecule has 0 aromatic carbocycles. The van der Waals surface area contributed by atoms with Crippen LogP contribution in [0.4, 0.5) is 0 Å². The molecule has 1 heterocycles. The molecule has 0 atom stereocenters. The van der Waals surface area contributed by atoms with Gasteiger partial charge in [-0.2, -0.15) is 0 Å². The minimum atomic E-state index is -0.00563. The van der Waals surface area contributed by atoms with Gasteiger partial charge in [-0.25, -0.2) is 4.99 Å². The molecule has 0 spiro atoms. The topological polar surface area (TPSA) is 77.0 Å². The van der Waals surface area contributed by atoms with E-state index in [1.54, 1.807) is 25.9 Å². The molecule has 24 heavy (non-hydrogen) atoms. The van der Waals surface area contributed by atoms with Gasteiger partial charge in [-0.15, -0.1) is 0 Å². The van der Waals surface area contributed by atoms with Gasteiger partial charge >= 0.3 is 0 Å². The van der Waals surface area contributed by atoms with Crippen LogP contribution in [0.2, 0.25) is 0 Å². The highest BCUT2D eigenvalue weighted by Crippen LogP contribution is 2.17. The number of likely N-dealkylation sites (N-methyl/N-ethyl adjacent to an activating group) is 1. The van der Waals surface area contributed by atoms with Gasteiger partial charge in [0.1, 0.15) is 6.54 Å². The van der Waals surface area contributed by atoms with Crippen molar-refractivity contribution < 1.29 is 9.59 Å². The first kappa shape index (κ1) is 18.5. The number of nitrogens with zero attached hydrogens (tertiary/aromatic N) is 3. The molecule has 2 aliphatic rings. The number of piperidine rings is 1. The molecule has 0 bridgehead atoms. The van der Waals surface area contributed by atoms with Crippen LogP contribution in [0.15, 0.2) is 4.99 Å². The number of aliphatic imine (C=N–C) groups is 1. The van der Waals surface area contributed by atoms with E-state index in [0.29, 0.717) is 12.1 Å². The Kier molecular flexibility index (Phi) is 6.87. The summed E-state index contributed by atoms with van der Waals surface area (Å²) in [6.07, 6.45) is 6.63. The Hall–Kier alpha value is -1.79. The summed E-state index contributed by atoms with van der Waals surface area (Å²) >= 11 is 0. The van der Waals surface area contributed by atoms with Crippen LogP contribution in [0, 0.1) is 0 Å². The number of carbonyl (C=O) groups is 2. The molecule has 2 fully saturated rings. The zero-order chi connectivity index (χ0) is 17.5. The molecule has 1 aliphatic carbocycles. The fourth-order valence-corrected chi connectivity index (χ4v) is 3.22. The first-order valence-electron chi connectivity index (χ1n) is 8.99. The smallest absolute Gasteiger partial charge is 0.243 e. The van der Waals surface area contributed by atoms with E-state index in [1.807, 2.05) is 4.90 Å². The van der Waals surface area contributed by atoms with E-state index in [2.05, 4.69) is 15.6 Å². The highest BCUT2D eigenvalue weighted by Gasteiger charge is 2.23. The van der Waals surface area contributed by atoms with Crippen LogP contribution < -0.4 is 10.6 Å². The summed E-state index contributed by atoms with van der Waals surface area (Å²) in [4.78, 5) is 31.2. The van der Waals surface area contributed by atoms with Gasteiger partial charge in [0.15, 0.2) is 5.96 Å². The molecule has 0 radical (unpaired) electrons. The van der Waals surface area contributed by atoms with Gasteiger partial charge in [-0.3, -0.25) is 9.59 Å². The maximum atomic E-state index is 11.8. The third kappa shape index (κ3) is 5.69. The minimum absolute atomic E-state index is 0.00563. The van der Waals surface area contributed by atoms with Gasteiger partial charge in [-0.05, 0) is 25.7 Å². The zero-order valence-corrected chi connectivity index (χ0v) is 15.2. The van der Waals surface area contributed by atoms with Crippen molar-refractivity contribution in [2.75, 3.05) is 33.7 Å². The maximum Gasteiger partial charge on any atom is 0.243 e. The van der Waals surface area contributed by atoms with Crippen LogP contribution >= 0.6 is 0 Å². The second-order valence-corrected chi connectivity index (χ2v) is 7.00. The number of carbonyl (C=O) groups excluding carboxylic acids is 2. The van der Waals surface area contributed by atoms with Crippen LogP contribution in [-0.4, -0.2) is 73.4 Å². The summed E-state index contributed by atoms with van der Waals surface area (Å²) in [7, 11) is 3.49. The second kappa shape index (κ2) is 8.89. The number of guanidine groups is 1. The van der Waals surface area contributed by atoms with Gasteiger partial charge in [-0.1, -0.05) is 12.8 Å². The van der Waals surface area contributed by atoms with Crippen molar-refractivity contribution in [2.45, 2.75) is 57.5 Å². The summed E-state index contributed by atoms with van der Waals surface area (Å²) < 4.78 is 0. The lowest BCUT2D eigenvalue weighted by Crippen LogP contribution is -2.51. The second-order valence-electron chi connectivity index (χ2n) is 7.00. The fraction of sp³-hybridized carbons (Fsp3) is 0.824. The third-order valence-corrected chi connectivity index (χ3v) is 4.85. The number of hydrogen-bond donors (Lipinski definition) is 2. The van der Waals surface area contributed by atoms with Gasteiger partial charge in [0.2, 0.25) is 11.8 Å². The average Bonchev–Trinajstić information content (AvgIpc) is 3.05. The maximum absolute atomic E-state index is 11.8. The lowest BCUT2D eigenvalue weighted by molar-refractivity contribution is -0.130. The predicted molar refractivity (Wildman–Crippen MR) is 94.8 cm³/mol. The largest absolute Gasteiger partial charge is 0.354 e. The Morgan fingerprint density at radius 2 is 1.58 bits per heavy atom. The Labute approximate surface area is 144 Å². The summed E-state index contributed by atoms with van der Waals surface area (Å²) in [5.74, 6) is 0.871. The standard InChI is InChI=1S/C17H31N5O2/c1-13(23)22-10-8-15(9-11-22)20-17(18-12-16(24)21(2)3)19-14-6-4-5-7-14/h14-15H,4-12H2,1-3H3,(H2,18,19,20). The molecular formula is C17H31N5O2. The molecule has 136 valence electrons. The normalized spacial score (nSPS) is 20.1. The number of rotatable bonds is 4. The Bertz CT molecular complexity index is 464. The molecule has 2 N–H and O–H groups in total. The Balaban J connectivity index is 1.91. The summed E-state index contributed by atoms with van der Waals surface area (Å²) in [6, 6.07) is 0.741. The Morgan fingerprint density at radius 1 is 1.04 bits per heavy atom. The van der Waals surface area contributed by atoms with E-state index in [1.165, 1.54) is 12.8 Å². The molecule has 0 unspecified atom stereocenters. The van der Waals surface area contributed by atoms with Crippen LogP contribution in [0.3, 0.4) is 0 Å². The Morgan fingerprint density at radius 3 is 2.08 bits per heavy atom. The SMILES string of the molecule is CC(=O)N1CCC(NC(=NCC(=O)N(C)C)NC2CCCC2)CC1. The van der Waals surface area contributed by atoms with Crippen LogP contribution in [0.1, 0.15) is 45.4 Å². The van der Waals surface area contributed by atoms with Gasteiger partial charge in [0.05, 0.1) is 0 Å². The number of nitrogens with one attached hydrogen (secondary N) is 2. The molecule has 7 nitrogen and oxygen atoms in total. The monoisotopic (exact) mass is 337 g/mol. The van der Waals surface area contributed by atoms with E-state index in [0.717, 1.165) is 44.7 Å². The fourth-order valence-electron chi connectivity index (χ4n) is 3.22. The highest BCUT2D eigenvalue weighted by atomic mass is 16.2. The molecule has 1 saturated carbocycles. The average molecular weight is 337 g/mol. The van der Waals surface area contributed by atoms with Crippen molar-refractivity contribution in [3.8, 4) is 0 Å². The predicted octanol–water partition coefficient (Wildman–Crippen LogP) is 0.563. The van der Waals surface area contributed by atoms with E-state index >= 15 is 0 Å². The lowest BCUT2D eigenvalue weighted by Gasteiger charge is -2.33. The lowest BCUT2D eigenvalue weighted by atomic mass is 10.1. The van der Waals surface area contributed by atoms with E-state index in [4.69, 9.17) is 0 Å². The van der Waals surface area contributed by atoms with E-state index < -0.39 is 0 Å². The first-order valence-corrected chi connectivity index (χ1v) is 8.99. The molecule has 0 aromatic heterocycles. The number of likely N-dealkylation sites (tertiary alicyclic amines) is 1. The van der Waals surface area contributed by atoms with E-state index in [9.17, 15) is 9.59 Å². The third-order valence-electron chi connectivity index (χ3n) is 4.85. The van der Waals surface area contributed by atoms with Crippen molar-refractivity contribution in [1.82, 2.24) is 20.4 Å². The summed E-state index contributed by atoms with van der Waals surface area (Å²) in [5, 5.41) is 6.95. The summed E-state index contributed by atoms with van der Waals surface area (Å²) in [5.41, 5.74) is 0. The molecule has 2 rings (SSSR count). The van der Waals surface area contributed by atoms with Crippen molar-refractivity contribution in [1.29, 1.82) is 0 Å². The van der Waals surface area contributed by atoms with Gasteiger partial charge < -0.3 is 20.4 Å². The highest BCUT2D eigenvalue weighted by molar-refractivity contribution is 5.85. The van der Waals surface area contributed by atoms with Gasteiger partial charge in [0, 0.05) is 46.2 Å². The first-order chi connectivity index (χ1) is 11.5. The molecule has 7 heteroatoms. The van der Waals surface area contributed by atoms with Crippen molar-refractivity contribution in [3.63, 3.8) is 0 Å². The van der Waals surface area contributed by atoms with Crippen molar-refractivity contribution in [3.05, 3.63) is 0 Å². The molecule has 0 aromatic rings. The van der Waals surface area contributed by atoms with Crippen LogP contribution in [0.25, 0.3) is 0 Å². The molecule has 1 saturated heterocycles. The molecular weight excluding hydrogens is 306 g/mol. The molecule has 2 amide bonds. The van der Waals surface area contributed by atoms with Crippen LogP contribution in [-0.2, 0) is 9.59 Å². The van der Waals surface area contributed by atoms with Gasteiger partial charge in [0.25, 0.3) is 0 Å². The van der Waals surface area contributed by atoms with Crippen molar-refractivity contribution >= 4 is 17.8 Å². The zero-order valence-electron chi connectivity index (χ0n) is 15.2.